The highest BCUT2D eigenvalue weighted by molar-refractivity contribution is 7.89. The molecule has 0 aliphatic carbocycles. The molecule has 0 amide bonds. The molecule has 2 N–H and O–H groups in total. The maximum atomic E-state index is 12.5. The Hall–Kier alpha value is -1.48. The SMILES string of the molecule is C[C@H](OC[C@H](O)CN1CCC(NS(=O)(=O)c2ccccc2)CC1)c1ccc(Cl)cc1. The summed E-state index contributed by atoms with van der Waals surface area (Å²) in [5.74, 6) is 0. The van der Waals surface area contributed by atoms with Crippen molar-refractivity contribution in [1.82, 2.24) is 9.62 Å². The summed E-state index contributed by atoms with van der Waals surface area (Å²) in [4.78, 5) is 2.43. The molecule has 30 heavy (non-hydrogen) atoms. The van der Waals surface area contributed by atoms with Gasteiger partial charge in [-0.05, 0) is 62.7 Å². The van der Waals surface area contributed by atoms with Crippen LogP contribution in [-0.2, 0) is 14.8 Å². The molecule has 164 valence electrons. The van der Waals surface area contributed by atoms with Crippen LogP contribution < -0.4 is 4.72 Å². The molecule has 0 unspecified atom stereocenters. The van der Waals surface area contributed by atoms with E-state index in [9.17, 15) is 13.5 Å². The van der Waals surface area contributed by atoms with E-state index in [1.807, 2.05) is 31.2 Å². The first kappa shape index (κ1) is 23.2. The lowest BCUT2D eigenvalue weighted by Crippen LogP contribution is -2.46. The predicted molar refractivity (Wildman–Crippen MR) is 118 cm³/mol. The lowest BCUT2D eigenvalue weighted by molar-refractivity contribution is -0.0182. The third-order valence-corrected chi connectivity index (χ3v) is 7.10. The molecule has 2 atom stereocenters. The van der Waals surface area contributed by atoms with E-state index in [2.05, 4.69) is 9.62 Å². The largest absolute Gasteiger partial charge is 0.389 e. The maximum Gasteiger partial charge on any atom is 0.240 e. The number of aliphatic hydroxyl groups is 1. The van der Waals surface area contributed by atoms with Gasteiger partial charge in [0.1, 0.15) is 0 Å². The Bertz CT molecular complexity index is 885. The standard InChI is InChI=1S/C22H29ClN2O4S/c1-17(18-7-9-19(23)10-8-18)29-16-21(26)15-25-13-11-20(12-14-25)24-30(27,28)22-5-3-2-4-6-22/h2-10,17,20-21,24,26H,11-16H2,1H3/t17-,21+/m0/s1. The number of likely N-dealkylation sites (tertiary alicyclic amines) is 1. The molecule has 0 bridgehead atoms. The van der Waals surface area contributed by atoms with E-state index < -0.39 is 16.1 Å². The van der Waals surface area contributed by atoms with Crippen LogP contribution >= 0.6 is 11.6 Å². The van der Waals surface area contributed by atoms with Crippen LogP contribution in [0.2, 0.25) is 5.02 Å². The summed E-state index contributed by atoms with van der Waals surface area (Å²) < 4.78 is 33.5. The number of aliphatic hydroxyl groups excluding tert-OH is 1. The minimum Gasteiger partial charge on any atom is -0.389 e. The van der Waals surface area contributed by atoms with Crippen molar-refractivity contribution in [2.45, 2.75) is 42.9 Å². The molecule has 0 radical (unpaired) electrons. The van der Waals surface area contributed by atoms with E-state index >= 15 is 0 Å². The smallest absolute Gasteiger partial charge is 0.240 e. The lowest BCUT2D eigenvalue weighted by Gasteiger charge is -2.33. The van der Waals surface area contributed by atoms with Crippen molar-refractivity contribution in [3.05, 3.63) is 65.2 Å². The second-order valence-electron chi connectivity index (χ2n) is 7.69. The zero-order valence-corrected chi connectivity index (χ0v) is 18.6. The third kappa shape index (κ3) is 6.77. The summed E-state index contributed by atoms with van der Waals surface area (Å²) in [5, 5.41) is 11.0. The van der Waals surface area contributed by atoms with Crippen molar-refractivity contribution >= 4 is 21.6 Å². The highest BCUT2D eigenvalue weighted by Crippen LogP contribution is 2.20. The molecule has 1 aliphatic heterocycles. The van der Waals surface area contributed by atoms with Gasteiger partial charge in [0, 0.05) is 17.6 Å². The van der Waals surface area contributed by atoms with Crippen LogP contribution in [0.4, 0.5) is 0 Å². The molecule has 0 aromatic heterocycles. The van der Waals surface area contributed by atoms with Gasteiger partial charge < -0.3 is 14.7 Å². The first-order chi connectivity index (χ1) is 14.3. The predicted octanol–water partition coefficient (Wildman–Crippen LogP) is 3.22. The van der Waals surface area contributed by atoms with Gasteiger partial charge in [-0.2, -0.15) is 0 Å². The summed E-state index contributed by atoms with van der Waals surface area (Å²) >= 11 is 5.90. The van der Waals surface area contributed by atoms with Crippen LogP contribution in [0.5, 0.6) is 0 Å². The number of sulfonamides is 1. The van der Waals surface area contributed by atoms with Gasteiger partial charge >= 0.3 is 0 Å². The summed E-state index contributed by atoms with van der Waals surface area (Å²) in [6, 6.07) is 15.8. The van der Waals surface area contributed by atoms with E-state index in [1.54, 1.807) is 30.3 Å². The van der Waals surface area contributed by atoms with Crippen molar-refractivity contribution in [3.8, 4) is 0 Å². The topological polar surface area (TPSA) is 78.9 Å². The molecule has 2 aromatic rings. The van der Waals surface area contributed by atoms with Gasteiger partial charge in [0.2, 0.25) is 10.0 Å². The van der Waals surface area contributed by atoms with Crippen LogP contribution in [-0.4, -0.2) is 56.8 Å². The number of ether oxygens (including phenoxy) is 1. The second-order valence-corrected chi connectivity index (χ2v) is 9.84. The minimum absolute atomic E-state index is 0.0928. The average molecular weight is 453 g/mol. The number of piperidine rings is 1. The van der Waals surface area contributed by atoms with Gasteiger partial charge in [-0.1, -0.05) is 41.9 Å². The summed E-state index contributed by atoms with van der Waals surface area (Å²) in [6.45, 7) is 4.15. The van der Waals surface area contributed by atoms with E-state index in [-0.39, 0.29) is 23.6 Å². The Morgan fingerprint density at radius 2 is 1.77 bits per heavy atom. The van der Waals surface area contributed by atoms with Crippen molar-refractivity contribution < 1.29 is 18.3 Å². The third-order valence-electron chi connectivity index (χ3n) is 5.31. The van der Waals surface area contributed by atoms with Gasteiger partial charge in [0.05, 0.1) is 23.7 Å². The molecular weight excluding hydrogens is 424 g/mol. The number of nitrogens with zero attached hydrogens (tertiary/aromatic N) is 1. The van der Waals surface area contributed by atoms with Crippen LogP contribution in [0.25, 0.3) is 0 Å². The fourth-order valence-corrected chi connectivity index (χ4v) is 5.01. The Morgan fingerprint density at radius 3 is 2.40 bits per heavy atom. The number of β-amino-alcohol motifs (C(OH)–C–C–N with tert-alkyl or cyclic N) is 1. The zero-order valence-electron chi connectivity index (χ0n) is 17.1. The lowest BCUT2D eigenvalue weighted by atomic mass is 10.1. The molecule has 1 aliphatic rings. The van der Waals surface area contributed by atoms with Crippen LogP contribution in [0.15, 0.2) is 59.5 Å². The Labute approximate surface area is 183 Å². The summed E-state index contributed by atoms with van der Waals surface area (Å²) in [5.41, 5.74) is 1.01. The first-order valence-electron chi connectivity index (χ1n) is 10.2. The Morgan fingerprint density at radius 1 is 1.13 bits per heavy atom. The molecule has 1 saturated heterocycles. The number of rotatable bonds is 9. The van der Waals surface area contributed by atoms with Crippen molar-refractivity contribution in [2.75, 3.05) is 26.2 Å². The normalized spacial score (nSPS) is 18.2. The molecule has 8 heteroatoms. The second kappa shape index (κ2) is 10.7. The number of halogens is 1. The fraction of sp³-hybridized carbons (Fsp3) is 0.455. The zero-order chi connectivity index (χ0) is 21.6. The quantitative estimate of drug-likeness (QED) is 0.610. The number of hydrogen-bond donors (Lipinski definition) is 2. The highest BCUT2D eigenvalue weighted by atomic mass is 35.5. The first-order valence-corrected chi connectivity index (χ1v) is 12.0. The summed E-state index contributed by atoms with van der Waals surface area (Å²) in [7, 11) is -3.49. The Balaban J connectivity index is 1.39. The minimum atomic E-state index is -3.49. The van der Waals surface area contributed by atoms with E-state index in [0.29, 0.717) is 24.4 Å². The van der Waals surface area contributed by atoms with Crippen LogP contribution in [0.3, 0.4) is 0 Å². The molecule has 3 rings (SSSR count). The van der Waals surface area contributed by atoms with Crippen LogP contribution in [0.1, 0.15) is 31.4 Å². The van der Waals surface area contributed by atoms with Gasteiger partial charge in [0.15, 0.2) is 0 Å². The van der Waals surface area contributed by atoms with Crippen LogP contribution in [0, 0.1) is 0 Å². The van der Waals surface area contributed by atoms with Crippen molar-refractivity contribution in [3.63, 3.8) is 0 Å². The van der Waals surface area contributed by atoms with E-state index in [1.165, 1.54) is 0 Å². The van der Waals surface area contributed by atoms with Crippen molar-refractivity contribution in [1.29, 1.82) is 0 Å². The van der Waals surface area contributed by atoms with Gasteiger partial charge in [-0.3, -0.25) is 0 Å². The van der Waals surface area contributed by atoms with Crippen molar-refractivity contribution in [2.24, 2.45) is 0 Å². The van der Waals surface area contributed by atoms with E-state index in [4.69, 9.17) is 16.3 Å². The molecule has 2 aromatic carbocycles. The monoisotopic (exact) mass is 452 g/mol. The van der Waals surface area contributed by atoms with E-state index in [0.717, 1.165) is 18.7 Å². The molecule has 0 saturated carbocycles. The van der Waals surface area contributed by atoms with Gasteiger partial charge in [0.25, 0.3) is 0 Å². The van der Waals surface area contributed by atoms with Gasteiger partial charge in [-0.25, -0.2) is 13.1 Å². The highest BCUT2D eigenvalue weighted by Gasteiger charge is 2.25. The average Bonchev–Trinajstić information content (AvgIpc) is 2.74. The molecule has 6 nitrogen and oxygen atoms in total. The molecule has 1 heterocycles. The molecule has 0 spiro atoms. The molecular formula is C22H29ClN2O4S. The number of benzene rings is 2. The van der Waals surface area contributed by atoms with Gasteiger partial charge in [-0.15, -0.1) is 0 Å². The molecule has 1 fully saturated rings. The number of hydrogen-bond acceptors (Lipinski definition) is 5. The number of nitrogens with one attached hydrogen (secondary N) is 1. The summed E-state index contributed by atoms with van der Waals surface area (Å²) in [6.07, 6.45) is 0.689. The maximum absolute atomic E-state index is 12.5. The fourth-order valence-electron chi connectivity index (χ4n) is 3.56. The Kier molecular flexibility index (Phi) is 8.27.